The number of hydrogen-bond acceptors (Lipinski definition) is 3. The number of cyclic esters (lactones) is 1. The first kappa shape index (κ1) is 19.4. The first-order chi connectivity index (χ1) is 14.2. The summed E-state index contributed by atoms with van der Waals surface area (Å²) in [7, 11) is 0. The number of carbonyl (C=O) groups excluding carboxylic acids is 1. The van der Waals surface area contributed by atoms with Crippen LogP contribution in [0, 0.1) is 5.92 Å². The van der Waals surface area contributed by atoms with Gasteiger partial charge in [0.1, 0.15) is 11.7 Å². The zero-order chi connectivity index (χ0) is 20.1. The summed E-state index contributed by atoms with van der Waals surface area (Å²) in [6, 6.07) is 30.8. The van der Waals surface area contributed by atoms with Crippen molar-refractivity contribution >= 4 is 5.97 Å². The molecule has 3 heteroatoms. The van der Waals surface area contributed by atoms with Gasteiger partial charge in [0.2, 0.25) is 0 Å². The second-order valence-corrected chi connectivity index (χ2v) is 7.49. The van der Waals surface area contributed by atoms with E-state index in [1.807, 2.05) is 54.6 Å². The van der Waals surface area contributed by atoms with Crippen LogP contribution in [0.15, 0.2) is 91.0 Å². The summed E-state index contributed by atoms with van der Waals surface area (Å²) >= 11 is 0. The van der Waals surface area contributed by atoms with Crippen LogP contribution in [0.3, 0.4) is 0 Å². The molecule has 0 unspecified atom stereocenters. The van der Waals surface area contributed by atoms with Crippen molar-refractivity contribution in [3.8, 4) is 0 Å². The average molecular weight is 386 g/mol. The fraction of sp³-hybridized carbons (Fsp3) is 0.269. The Hall–Kier alpha value is -2.91. The summed E-state index contributed by atoms with van der Waals surface area (Å²) < 4.78 is 12.4. The van der Waals surface area contributed by atoms with Crippen molar-refractivity contribution in [2.45, 2.75) is 31.5 Å². The van der Waals surface area contributed by atoms with E-state index < -0.39 is 5.60 Å². The first-order valence-corrected chi connectivity index (χ1v) is 10.2. The fourth-order valence-corrected chi connectivity index (χ4v) is 4.21. The highest BCUT2D eigenvalue weighted by Gasteiger charge is 2.41. The Morgan fingerprint density at radius 3 is 1.69 bits per heavy atom. The van der Waals surface area contributed by atoms with Crippen molar-refractivity contribution in [1.82, 2.24) is 0 Å². The van der Waals surface area contributed by atoms with E-state index in [1.54, 1.807) is 0 Å². The number of hydrogen-bond donors (Lipinski definition) is 0. The van der Waals surface area contributed by atoms with Crippen LogP contribution in [0.25, 0.3) is 0 Å². The smallest absolute Gasteiger partial charge is 0.306 e. The van der Waals surface area contributed by atoms with Crippen LogP contribution < -0.4 is 0 Å². The molecular weight excluding hydrogens is 360 g/mol. The Bertz CT molecular complexity index is 825. The van der Waals surface area contributed by atoms with E-state index in [-0.39, 0.29) is 18.0 Å². The highest BCUT2D eigenvalue weighted by Crippen LogP contribution is 2.41. The molecule has 0 aromatic heterocycles. The van der Waals surface area contributed by atoms with E-state index in [0.717, 1.165) is 23.1 Å². The monoisotopic (exact) mass is 386 g/mol. The van der Waals surface area contributed by atoms with Gasteiger partial charge < -0.3 is 9.47 Å². The molecule has 0 aliphatic carbocycles. The topological polar surface area (TPSA) is 35.5 Å². The lowest BCUT2D eigenvalue weighted by Gasteiger charge is -2.37. The Balaban J connectivity index is 1.81. The van der Waals surface area contributed by atoms with Crippen LogP contribution in [-0.4, -0.2) is 18.7 Å². The molecule has 3 aromatic carbocycles. The maximum Gasteiger partial charge on any atom is 0.306 e. The Kier molecular flexibility index (Phi) is 5.77. The van der Waals surface area contributed by atoms with Crippen LogP contribution in [0.2, 0.25) is 0 Å². The molecule has 3 nitrogen and oxygen atoms in total. The van der Waals surface area contributed by atoms with Gasteiger partial charge in [0, 0.05) is 5.92 Å². The molecule has 1 aliphatic heterocycles. The van der Waals surface area contributed by atoms with Gasteiger partial charge in [-0.1, -0.05) is 97.9 Å². The maximum absolute atomic E-state index is 11.9. The second kappa shape index (κ2) is 8.62. The molecule has 29 heavy (non-hydrogen) atoms. The molecule has 0 saturated carbocycles. The lowest BCUT2D eigenvalue weighted by Crippen LogP contribution is -2.37. The SMILES string of the molecule is CC[C@H]1CC(=O)O[C@@H]1COC(c1ccccc1)(c1ccccc1)c1ccccc1. The van der Waals surface area contributed by atoms with Crippen LogP contribution >= 0.6 is 0 Å². The molecule has 0 bridgehead atoms. The standard InChI is InChI=1S/C26H26O3/c1-2-20-18-25(27)29-24(20)19-28-26(21-12-6-3-7-13-21,22-14-8-4-9-15-22)23-16-10-5-11-17-23/h3-17,20,24H,2,18-19H2,1H3/t20-,24+/m0/s1. The van der Waals surface area contributed by atoms with Crippen molar-refractivity contribution in [3.63, 3.8) is 0 Å². The third-order valence-electron chi connectivity index (χ3n) is 5.77. The van der Waals surface area contributed by atoms with E-state index in [2.05, 4.69) is 43.3 Å². The summed E-state index contributed by atoms with van der Waals surface area (Å²) in [5.74, 6) is 0.0673. The zero-order valence-corrected chi connectivity index (χ0v) is 16.7. The third-order valence-corrected chi connectivity index (χ3v) is 5.77. The van der Waals surface area contributed by atoms with Crippen LogP contribution in [-0.2, 0) is 19.9 Å². The second-order valence-electron chi connectivity index (χ2n) is 7.49. The lowest BCUT2D eigenvalue weighted by molar-refractivity contribution is -0.145. The third kappa shape index (κ3) is 3.83. The Morgan fingerprint density at radius 2 is 1.28 bits per heavy atom. The minimum absolute atomic E-state index is 0.129. The molecule has 0 radical (unpaired) electrons. The van der Waals surface area contributed by atoms with Gasteiger partial charge >= 0.3 is 5.97 Å². The lowest BCUT2D eigenvalue weighted by atomic mass is 9.80. The molecule has 4 rings (SSSR count). The van der Waals surface area contributed by atoms with Crippen LogP contribution in [0.4, 0.5) is 0 Å². The minimum atomic E-state index is -0.781. The van der Waals surface area contributed by atoms with E-state index in [0.29, 0.717) is 13.0 Å². The van der Waals surface area contributed by atoms with Gasteiger partial charge in [0.25, 0.3) is 0 Å². The molecule has 0 spiro atoms. The number of rotatable bonds is 7. The van der Waals surface area contributed by atoms with Crippen LogP contribution in [0.1, 0.15) is 36.5 Å². The molecular formula is C26H26O3. The number of esters is 1. The molecule has 2 atom stereocenters. The summed E-state index contributed by atoms with van der Waals surface area (Å²) in [6.45, 7) is 2.45. The van der Waals surface area contributed by atoms with Crippen molar-refractivity contribution in [2.75, 3.05) is 6.61 Å². The fourth-order valence-electron chi connectivity index (χ4n) is 4.21. The van der Waals surface area contributed by atoms with Gasteiger partial charge in [-0.2, -0.15) is 0 Å². The van der Waals surface area contributed by atoms with Crippen molar-refractivity contribution in [2.24, 2.45) is 5.92 Å². The molecule has 1 aliphatic rings. The number of ether oxygens (including phenoxy) is 2. The van der Waals surface area contributed by atoms with Gasteiger partial charge in [0.05, 0.1) is 13.0 Å². The largest absolute Gasteiger partial charge is 0.460 e. The van der Waals surface area contributed by atoms with Gasteiger partial charge in [0.15, 0.2) is 0 Å². The quantitative estimate of drug-likeness (QED) is 0.406. The molecule has 3 aromatic rings. The predicted octanol–water partition coefficient (Wildman–Crippen LogP) is 5.34. The molecule has 1 saturated heterocycles. The molecule has 1 heterocycles. The molecule has 0 amide bonds. The first-order valence-electron chi connectivity index (χ1n) is 10.2. The van der Waals surface area contributed by atoms with Gasteiger partial charge in [-0.05, 0) is 23.1 Å². The Morgan fingerprint density at radius 1 is 0.828 bits per heavy atom. The van der Waals surface area contributed by atoms with E-state index in [9.17, 15) is 4.79 Å². The van der Waals surface area contributed by atoms with Crippen molar-refractivity contribution in [1.29, 1.82) is 0 Å². The Labute approximate surface area is 172 Å². The molecule has 1 fully saturated rings. The van der Waals surface area contributed by atoms with Crippen molar-refractivity contribution in [3.05, 3.63) is 108 Å². The molecule has 0 N–H and O–H groups in total. The molecule has 148 valence electrons. The number of carbonyl (C=O) groups is 1. The van der Waals surface area contributed by atoms with E-state index >= 15 is 0 Å². The highest BCUT2D eigenvalue weighted by molar-refractivity contribution is 5.72. The van der Waals surface area contributed by atoms with Gasteiger partial charge in [-0.15, -0.1) is 0 Å². The number of benzene rings is 3. The maximum atomic E-state index is 11.9. The summed E-state index contributed by atoms with van der Waals surface area (Å²) in [5, 5.41) is 0. The van der Waals surface area contributed by atoms with E-state index in [1.165, 1.54) is 0 Å². The summed E-state index contributed by atoms with van der Waals surface area (Å²) in [4.78, 5) is 11.9. The van der Waals surface area contributed by atoms with Crippen molar-refractivity contribution < 1.29 is 14.3 Å². The normalized spacial score (nSPS) is 19.1. The predicted molar refractivity (Wildman–Crippen MR) is 113 cm³/mol. The summed E-state index contributed by atoms with van der Waals surface area (Å²) in [6.07, 6.45) is 1.15. The zero-order valence-electron chi connectivity index (χ0n) is 16.7. The summed E-state index contributed by atoms with van der Waals surface area (Å²) in [5.41, 5.74) is 2.37. The minimum Gasteiger partial charge on any atom is -0.460 e. The highest BCUT2D eigenvalue weighted by atomic mass is 16.6. The average Bonchev–Trinajstić information content (AvgIpc) is 3.16. The van der Waals surface area contributed by atoms with Gasteiger partial charge in [-0.25, -0.2) is 0 Å². The van der Waals surface area contributed by atoms with Crippen LogP contribution in [0.5, 0.6) is 0 Å². The van der Waals surface area contributed by atoms with E-state index in [4.69, 9.17) is 9.47 Å². The van der Waals surface area contributed by atoms with Gasteiger partial charge in [-0.3, -0.25) is 4.79 Å².